The normalized spacial score (nSPS) is 23.3. The van der Waals surface area contributed by atoms with Crippen LogP contribution >= 0.6 is 0 Å². The van der Waals surface area contributed by atoms with Crippen molar-refractivity contribution in [2.75, 3.05) is 12.4 Å². The smallest absolute Gasteiger partial charge is 0.338 e. The topological polar surface area (TPSA) is 133 Å². The van der Waals surface area contributed by atoms with E-state index in [0.29, 0.717) is 31.1 Å². The van der Waals surface area contributed by atoms with Crippen molar-refractivity contribution in [1.82, 2.24) is 0 Å². The van der Waals surface area contributed by atoms with Gasteiger partial charge >= 0.3 is 17.9 Å². The zero-order valence-corrected chi connectivity index (χ0v) is 16.6. The number of rotatable bonds is 7. The second-order valence-corrected chi connectivity index (χ2v) is 8.68. The summed E-state index contributed by atoms with van der Waals surface area (Å²) < 4.78 is 45.7. The van der Waals surface area contributed by atoms with Crippen LogP contribution in [0.2, 0.25) is 0 Å². The highest BCUT2D eigenvalue weighted by atomic mass is 32.2. The summed E-state index contributed by atoms with van der Waals surface area (Å²) in [4.78, 5) is 36.7. The van der Waals surface area contributed by atoms with Gasteiger partial charge in [0.2, 0.25) is 0 Å². The zero-order chi connectivity index (χ0) is 21.2. The maximum Gasteiger partial charge on any atom is 0.338 e. The van der Waals surface area contributed by atoms with Crippen LogP contribution < -0.4 is 4.74 Å². The maximum atomic E-state index is 12.7. The Morgan fingerprint density at radius 3 is 2.72 bits per heavy atom. The van der Waals surface area contributed by atoms with Crippen LogP contribution in [0.15, 0.2) is 18.2 Å². The fraction of sp³-hybridized carbons (Fsp3) is 0.500. The monoisotopic (exact) mass is 424 g/mol. The maximum absolute atomic E-state index is 12.7. The Kier molecular flexibility index (Phi) is 6.28. The second-order valence-electron chi connectivity index (χ2n) is 7.10. The Morgan fingerprint density at radius 2 is 2.03 bits per heavy atom. The Bertz CT molecular complexity index is 927. The van der Waals surface area contributed by atoms with Crippen molar-refractivity contribution >= 4 is 35.9 Å². The van der Waals surface area contributed by atoms with Gasteiger partial charge in [-0.1, -0.05) is 12.4 Å². The molecule has 9 nitrogen and oxygen atoms in total. The molecular formula is C18H21BO9S. The first kappa shape index (κ1) is 21.3. The molecule has 29 heavy (non-hydrogen) atoms. The minimum Gasteiger partial charge on any atom is -0.462 e. The molecule has 1 saturated heterocycles. The van der Waals surface area contributed by atoms with Gasteiger partial charge in [0.15, 0.2) is 0 Å². The molecule has 1 N–H and O–H groups in total. The minimum absolute atomic E-state index is 0.0734. The highest BCUT2D eigenvalue weighted by molar-refractivity contribution is 7.85. The molecule has 3 rings (SSSR count). The van der Waals surface area contributed by atoms with E-state index in [-0.39, 0.29) is 23.4 Å². The highest BCUT2D eigenvalue weighted by Crippen LogP contribution is 2.39. The third-order valence-corrected chi connectivity index (χ3v) is 5.84. The van der Waals surface area contributed by atoms with Crippen molar-refractivity contribution < 1.29 is 41.6 Å². The third kappa shape index (κ3) is 5.16. The summed E-state index contributed by atoms with van der Waals surface area (Å²) in [5.74, 6) is -3.34. The molecule has 2 aliphatic rings. The molecule has 1 heterocycles. The third-order valence-electron chi connectivity index (χ3n) is 5.16. The molecule has 0 aromatic heterocycles. The van der Waals surface area contributed by atoms with Crippen LogP contribution in [0, 0.1) is 11.8 Å². The van der Waals surface area contributed by atoms with Gasteiger partial charge in [-0.3, -0.25) is 14.1 Å². The van der Waals surface area contributed by atoms with E-state index in [9.17, 15) is 22.8 Å². The lowest BCUT2D eigenvalue weighted by Crippen LogP contribution is -2.32. The first-order valence-corrected chi connectivity index (χ1v) is 11.0. The van der Waals surface area contributed by atoms with Crippen LogP contribution in [0.4, 0.5) is 0 Å². The van der Waals surface area contributed by atoms with Crippen molar-refractivity contribution in [3.63, 3.8) is 0 Å². The summed E-state index contributed by atoms with van der Waals surface area (Å²) >= 11 is 0. The lowest BCUT2D eigenvalue weighted by atomic mass is 9.80. The van der Waals surface area contributed by atoms with Crippen LogP contribution in [-0.2, 0) is 35.5 Å². The molecule has 0 radical (unpaired) electrons. The second kappa shape index (κ2) is 8.54. The number of ether oxygens (including phenoxy) is 3. The molecule has 3 atom stereocenters. The van der Waals surface area contributed by atoms with Gasteiger partial charge in [0, 0.05) is 0 Å². The van der Waals surface area contributed by atoms with Gasteiger partial charge in [0.1, 0.15) is 32.1 Å². The predicted octanol–water partition coefficient (Wildman–Crippen LogP) is 0.111. The standard InChI is InChI=1S/C18H21BO9S/c19-9-11-2-1-10(16(20)26-5-6-29(23,24)25)7-15(11)28-17(21)13-4-3-12-8-14(13)18(22)27-12/h1-2,7,12-14H,3-6,8-9,19H2,(H,23,24,25). The number of esters is 3. The number of carbonyl (C=O) groups is 3. The fourth-order valence-corrected chi connectivity index (χ4v) is 3.90. The molecule has 11 heteroatoms. The molecule has 156 valence electrons. The van der Waals surface area contributed by atoms with Crippen molar-refractivity contribution in [1.29, 1.82) is 0 Å². The molecule has 3 unspecified atom stereocenters. The van der Waals surface area contributed by atoms with Gasteiger partial charge < -0.3 is 14.2 Å². The predicted molar refractivity (Wildman–Crippen MR) is 102 cm³/mol. The van der Waals surface area contributed by atoms with E-state index in [4.69, 9.17) is 18.8 Å². The van der Waals surface area contributed by atoms with E-state index in [0.717, 1.165) is 0 Å². The van der Waals surface area contributed by atoms with Gasteiger partial charge in [-0.05, 0) is 37.0 Å². The summed E-state index contributed by atoms with van der Waals surface area (Å²) in [5.41, 5.74) is 0.764. The highest BCUT2D eigenvalue weighted by Gasteiger charge is 2.47. The molecule has 2 fully saturated rings. The number of benzene rings is 1. The molecule has 1 aromatic rings. The molecule has 2 bridgehead atoms. The van der Waals surface area contributed by atoms with Crippen LogP contribution in [0.5, 0.6) is 5.75 Å². The Labute approximate surface area is 168 Å². The molecule has 1 saturated carbocycles. The van der Waals surface area contributed by atoms with E-state index in [1.165, 1.54) is 12.1 Å². The Hall–Kier alpha value is -2.40. The van der Waals surface area contributed by atoms with Crippen molar-refractivity contribution in [3.05, 3.63) is 29.3 Å². The average molecular weight is 424 g/mol. The molecule has 1 aliphatic heterocycles. The minimum atomic E-state index is -4.24. The number of hydrogen-bond acceptors (Lipinski definition) is 8. The van der Waals surface area contributed by atoms with Gasteiger partial charge in [-0.25, -0.2) is 4.79 Å². The van der Waals surface area contributed by atoms with E-state index in [1.807, 2.05) is 7.85 Å². The van der Waals surface area contributed by atoms with Crippen molar-refractivity contribution in [2.45, 2.75) is 31.7 Å². The molecule has 1 aliphatic carbocycles. The van der Waals surface area contributed by atoms with Crippen LogP contribution in [0.1, 0.15) is 35.2 Å². The summed E-state index contributed by atoms with van der Waals surface area (Å²) in [7, 11) is -2.38. The lowest BCUT2D eigenvalue weighted by molar-refractivity contribution is -0.149. The zero-order valence-electron chi connectivity index (χ0n) is 15.8. The SMILES string of the molecule is BCc1ccc(C(=O)OCCS(=O)(=O)O)cc1OC(=O)C1CCC2CC1C(=O)O2. The largest absolute Gasteiger partial charge is 0.462 e. The average Bonchev–Trinajstić information content (AvgIpc) is 2.94. The fourth-order valence-electron chi connectivity index (χ4n) is 3.61. The molecular weight excluding hydrogens is 403 g/mol. The molecule has 0 amide bonds. The summed E-state index contributed by atoms with van der Waals surface area (Å²) in [6.45, 7) is -0.505. The van der Waals surface area contributed by atoms with E-state index < -0.39 is 46.3 Å². The van der Waals surface area contributed by atoms with Gasteiger partial charge in [0.25, 0.3) is 10.1 Å². The summed E-state index contributed by atoms with van der Waals surface area (Å²) in [5, 5.41) is 0. The number of fused-ring (bicyclic) bond motifs is 2. The number of carbonyl (C=O) groups excluding carboxylic acids is 3. The first-order chi connectivity index (χ1) is 13.7. The lowest BCUT2D eigenvalue weighted by Gasteiger charge is -2.23. The first-order valence-electron chi connectivity index (χ1n) is 9.35. The van der Waals surface area contributed by atoms with Crippen LogP contribution in [0.25, 0.3) is 0 Å². The van der Waals surface area contributed by atoms with E-state index >= 15 is 0 Å². The van der Waals surface area contributed by atoms with Crippen molar-refractivity contribution in [2.24, 2.45) is 11.8 Å². The number of hydrogen-bond donors (Lipinski definition) is 1. The van der Waals surface area contributed by atoms with Gasteiger partial charge in [-0.15, -0.1) is 0 Å². The van der Waals surface area contributed by atoms with E-state index in [1.54, 1.807) is 6.07 Å². The summed E-state index contributed by atoms with van der Waals surface area (Å²) in [6, 6.07) is 4.44. The van der Waals surface area contributed by atoms with Gasteiger partial charge in [-0.2, -0.15) is 8.42 Å². The van der Waals surface area contributed by atoms with Crippen LogP contribution in [0.3, 0.4) is 0 Å². The van der Waals surface area contributed by atoms with Crippen LogP contribution in [-0.4, -0.2) is 57.2 Å². The van der Waals surface area contributed by atoms with E-state index in [2.05, 4.69) is 0 Å². The Morgan fingerprint density at radius 1 is 1.28 bits per heavy atom. The summed E-state index contributed by atoms with van der Waals surface area (Å²) in [6.07, 6.45) is 2.04. The quantitative estimate of drug-likeness (QED) is 0.280. The molecule has 1 aromatic carbocycles. The Balaban J connectivity index is 1.71. The molecule has 0 spiro atoms. The van der Waals surface area contributed by atoms with Gasteiger partial charge in [0.05, 0.1) is 17.4 Å². The van der Waals surface area contributed by atoms with Crippen molar-refractivity contribution in [3.8, 4) is 5.75 Å².